The number of anilines is 1. The fraction of sp³-hybridized carbons (Fsp3) is 0.308. The summed E-state index contributed by atoms with van der Waals surface area (Å²) >= 11 is 0. The van der Waals surface area contributed by atoms with Gasteiger partial charge in [0, 0.05) is 13.0 Å². The van der Waals surface area contributed by atoms with E-state index in [9.17, 15) is 22.8 Å². The number of alkyl halides is 3. The summed E-state index contributed by atoms with van der Waals surface area (Å²) in [6.45, 7) is -0.215. The SMILES string of the molecule is O=C1CC(CCNC(=O)C(F)(F)F)=NN1c1ccccc1. The summed E-state index contributed by atoms with van der Waals surface area (Å²) in [5.41, 5.74) is 1.03. The Hall–Kier alpha value is -2.38. The highest BCUT2D eigenvalue weighted by Crippen LogP contribution is 2.20. The molecule has 1 aliphatic heterocycles. The number of hydrogen-bond acceptors (Lipinski definition) is 3. The molecule has 5 nitrogen and oxygen atoms in total. The topological polar surface area (TPSA) is 61.8 Å². The molecule has 21 heavy (non-hydrogen) atoms. The molecule has 1 aromatic rings. The van der Waals surface area contributed by atoms with Gasteiger partial charge in [0.15, 0.2) is 0 Å². The largest absolute Gasteiger partial charge is 0.471 e. The first-order valence-electron chi connectivity index (χ1n) is 6.17. The maximum absolute atomic E-state index is 12.0. The monoisotopic (exact) mass is 299 g/mol. The molecule has 1 N–H and O–H groups in total. The van der Waals surface area contributed by atoms with E-state index in [0.717, 1.165) is 0 Å². The maximum atomic E-state index is 12.0. The third-order valence-electron chi connectivity index (χ3n) is 2.79. The van der Waals surface area contributed by atoms with E-state index in [4.69, 9.17) is 0 Å². The molecule has 1 aliphatic rings. The van der Waals surface area contributed by atoms with Crippen LogP contribution < -0.4 is 10.3 Å². The highest BCUT2D eigenvalue weighted by atomic mass is 19.4. The molecular weight excluding hydrogens is 287 g/mol. The molecule has 2 amide bonds. The minimum absolute atomic E-state index is 0.0385. The average molecular weight is 299 g/mol. The zero-order chi connectivity index (χ0) is 15.5. The Balaban J connectivity index is 1.91. The van der Waals surface area contributed by atoms with Crippen LogP contribution in [-0.4, -0.2) is 30.2 Å². The number of halogens is 3. The van der Waals surface area contributed by atoms with Crippen molar-refractivity contribution in [3.8, 4) is 0 Å². The predicted octanol–water partition coefficient (Wildman–Crippen LogP) is 1.85. The average Bonchev–Trinajstić information content (AvgIpc) is 2.80. The van der Waals surface area contributed by atoms with E-state index in [1.54, 1.807) is 35.6 Å². The number of amides is 2. The lowest BCUT2D eigenvalue weighted by Crippen LogP contribution is -2.37. The van der Waals surface area contributed by atoms with Gasteiger partial charge in [-0.3, -0.25) is 9.59 Å². The van der Waals surface area contributed by atoms with Gasteiger partial charge in [0.2, 0.25) is 0 Å². The molecule has 0 atom stereocenters. The van der Waals surface area contributed by atoms with E-state index in [0.29, 0.717) is 11.4 Å². The van der Waals surface area contributed by atoms with Crippen LogP contribution in [0.25, 0.3) is 0 Å². The van der Waals surface area contributed by atoms with Crippen molar-refractivity contribution in [2.45, 2.75) is 19.0 Å². The second kappa shape index (κ2) is 5.94. The summed E-state index contributed by atoms with van der Waals surface area (Å²) < 4.78 is 36.0. The molecule has 0 aromatic heterocycles. The van der Waals surface area contributed by atoms with Crippen molar-refractivity contribution in [2.24, 2.45) is 5.10 Å². The molecule has 0 saturated carbocycles. The first-order chi connectivity index (χ1) is 9.88. The molecular formula is C13H12F3N3O2. The number of hydrazone groups is 1. The molecule has 1 heterocycles. The Morgan fingerprint density at radius 3 is 2.57 bits per heavy atom. The summed E-state index contributed by atoms with van der Waals surface area (Å²) in [6, 6.07) is 8.70. The molecule has 0 fully saturated rings. The highest BCUT2D eigenvalue weighted by molar-refractivity contribution is 6.13. The van der Waals surface area contributed by atoms with Gasteiger partial charge in [-0.2, -0.15) is 18.3 Å². The van der Waals surface area contributed by atoms with Crippen LogP contribution in [0.15, 0.2) is 35.4 Å². The van der Waals surface area contributed by atoms with Crippen LogP contribution in [0.3, 0.4) is 0 Å². The standard InChI is InChI=1S/C13H12F3N3O2/c14-13(15,16)12(21)17-7-6-9-8-11(20)19(18-9)10-4-2-1-3-5-10/h1-5H,6-8H2,(H,17,21). The molecule has 0 spiro atoms. The quantitative estimate of drug-likeness (QED) is 0.922. The van der Waals surface area contributed by atoms with Crippen molar-refractivity contribution < 1.29 is 22.8 Å². The van der Waals surface area contributed by atoms with E-state index in [-0.39, 0.29) is 25.3 Å². The number of hydrogen-bond donors (Lipinski definition) is 1. The Kier molecular flexibility index (Phi) is 4.25. The van der Waals surface area contributed by atoms with Crippen LogP contribution in [0.5, 0.6) is 0 Å². The molecule has 1 aromatic carbocycles. The third kappa shape index (κ3) is 3.80. The minimum Gasteiger partial charge on any atom is -0.348 e. The Morgan fingerprint density at radius 1 is 1.29 bits per heavy atom. The lowest BCUT2D eigenvalue weighted by Gasteiger charge is -2.10. The van der Waals surface area contributed by atoms with Crippen LogP contribution in [0.1, 0.15) is 12.8 Å². The molecule has 2 rings (SSSR count). The number of nitrogens with one attached hydrogen (secondary N) is 1. The first kappa shape index (κ1) is 15.0. The fourth-order valence-electron chi connectivity index (χ4n) is 1.81. The van der Waals surface area contributed by atoms with Crippen molar-refractivity contribution in [1.29, 1.82) is 0 Å². The van der Waals surface area contributed by atoms with E-state index < -0.39 is 12.1 Å². The first-order valence-corrected chi connectivity index (χ1v) is 6.17. The molecule has 112 valence electrons. The van der Waals surface area contributed by atoms with Crippen LogP contribution >= 0.6 is 0 Å². The molecule has 8 heteroatoms. The number of carbonyl (C=O) groups excluding carboxylic acids is 2. The van der Waals surface area contributed by atoms with Gasteiger partial charge in [-0.25, -0.2) is 5.01 Å². The molecule has 0 radical (unpaired) electrons. The van der Waals surface area contributed by atoms with Gasteiger partial charge in [0.05, 0.1) is 17.8 Å². The van der Waals surface area contributed by atoms with E-state index in [1.165, 1.54) is 5.01 Å². The number of benzene rings is 1. The van der Waals surface area contributed by atoms with Gasteiger partial charge in [-0.15, -0.1) is 0 Å². The highest BCUT2D eigenvalue weighted by Gasteiger charge is 2.38. The van der Waals surface area contributed by atoms with Crippen molar-refractivity contribution in [2.75, 3.05) is 11.6 Å². The van der Waals surface area contributed by atoms with Crippen molar-refractivity contribution in [1.82, 2.24) is 5.32 Å². The van der Waals surface area contributed by atoms with Crippen molar-refractivity contribution in [3.63, 3.8) is 0 Å². The van der Waals surface area contributed by atoms with Gasteiger partial charge >= 0.3 is 12.1 Å². The van der Waals surface area contributed by atoms with Crippen molar-refractivity contribution in [3.05, 3.63) is 30.3 Å². The van der Waals surface area contributed by atoms with Gasteiger partial charge in [-0.1, -0.05) is 18.2 Å². The Labute approximate surface area is 118 Å². The summed E-state index contributed by atoms with van der Waals surface area (Å²) in [5, 5.41) is 7.02. The summed E-state index contributed by atoms with van der Waals surface area (Å²) in [4.78, 5) is 22.4. The number of rotatable bonds is 4. The van der Waals surface area contributed by atoms with Gasteiger partial charge in [0.25, 0.3) is 5.91 Å². The van der Waals surface area contributed by atoms with Crippen LogP contribution in [-0.2, 0) is 9.59 Å². The van der Waals surface area contributed by atoms with Gasteiger partial charge in [-0.05, 0) is 12.1 Å². The summed E-state index contributed by atoms with van der Waals surface area (Å²) in [7, 11) is 0. The second-order valence-corrected chi connectivity index (χ2v) is 4.39. The van der Waals surface area contributed by atoms with Gasteiger partial charge < -0.3 is 5.32 Å². The third-order valence-corrected chi connectivity index (χ3v) is 2.79. The number of carbonyl (C=O) groups is 2. The lowest BCUT2D eigenvalue weighted by atomic mass is 10.2. The van der Waals surface area contributed by atoms with Crippen LogP contribution in [0.4, 0.5) is 18.9 Å². The zero-order valence-electron chi connectivity index (χ0n) is 10.9. The smallest absolute Gasteiger partial charge is 0.348 e. The maximum Gasteiger partial charge on any atom is 0.471 e. The van der Waals surface area contributed by atoms with E-state index in [1.807, 2.05) is 0 Å². The summed E-state index contributed by atoms with van der Waals surface area (Å²) in [6.07, 6.45) is -4.77. The number of nitrogens with zero attached hydrogens (tertiary/aromatic N) is 2. The van der Waals surface area contributed by atoms with Crippen LogP contribution in [0.2, 0.25) is 0 Å². The molecule has 0 bridgehead atoms. The lowest BCUT2D eigenvalue weighted by molar-refractivity contribution is -0.173. The molecule has 0 aliphatic carbocycles. The molecule has 0 saturated heterocycles. The van der Waals surface area contributed by atoms with Gasteiger partial charge in [0.1, 0.15) is 0 Å². The van der Waals surface area contributed by atoms with Crippen LogP contribution in [0, 0.1) is 0 Å². The minimum atomic E-state index is -4.90. The Bertz CT molecular complexity index is 570. The second-order valence-electron chi connectivity index (χ2n) is 4.39. The Morgan fingerprint density at radius 2 is 1.95 bits per heavy atom. The normalized spacial score (nSPS) is 15.1. The fourth-order valence-corrected chi connectivity index (χ4v) is 1.81. The molecule has 0 unspecified atom stereocenters. The predicted molar refractivity (Wildman–Crippen MR) is 69.7 cm³/mol. The van der Waals surface area contributed by atoms with E-state index in [2.05, 4.69) is 5.10 Å². The van der Waals surface area contributed by atoms with Crippen molar-refractivity contribution >= 4 is 23.2 Å². The summed E-state index contributed by atoms with van der Waals surface area (Å²) in [5.74, 6) is -2.24. The zero-order valence-corrected chi connectivity index (χ0v) is 10.9. The van der Waals surface area contributed by atoms with E-state index >= 15 is 0 Å². The number of para-hydroxylation sites is 1.